The molecule has 10 heteroatoms. The first-order chi connectivity index (χ1) is 16.2. The van der Waals surface area contributed by atoms with Crippen LogP contribution in [0.1, 0.15) is 11.4 Å². The minimum atomic E-state index is -0.00427. The first-order valence-electron chi connectivity index (χ1n) is 10.7. The van der Waals surface area contributed by atoms with Crippen molar-refractivity contribution in [2.75, 3.05) is 40.1 Å². The van der Waals surface area contributed by atoms with Gasteiger partial charge in [-0.05, 0) is 58.5 Å². The molecule has 5 rings (SSSR count). The van der Waals surface area contributed by atoms with Crippen molar-refractivity contribution in [3.8, 4) is 22.9 Å². The smallest absolute Gasteiger partial charge is 0.246 e. The van der Waals surface area contributed by atoms with E-state index in [0.717, 1.165) is 41.7 Å². The van der Waals surface area contributed by atoms with Crippen LogP contribution in [0.25, 0.3) is 11.8 Å². The van der Waals surface area contributed by atoms with Gasteiger partial charge in [-0.2, -0.15) is 4.68 Å². The molecule has 0 N–H and O–H groups in total. The summed E-state index contributed by atoms with van der Waals surface area (Å²) >= 11 is 0. The standard InChI is InChI=1S/C23H24N6O4/c1-31-19-6-4-18(5-7-19)29-22(24-25-26-29)15-27-10-12-28(13-11-27)23(30)9-3-17-2-8-20-21(14-17)33-16-32-20/h2-9,14H,10-13,15-16H2,1H3/b9-3-. The summed E-state index contributed by atoms with van der Waals surface area (Å²) in [5.74, 6) is 2.96. The van der Waals surface area contributed by atoms with Gasteiger partial charge in [-0.1, -0.05) is 6.07 Å². The van der Waals surface area contributed by atoms with E-state index in [2.05, 4.69) is 20.4 Å². The average Bonchev–Trinajstić information content (AvgIpc) is 3.52. The average molecular weight is 448 g/mol. The summed E-state index contributed by atoms with van der Waals surface area (Å²) in [6, 6.07) is 13.2. The van der Waals surface area contributed by atoms with E-state index in [0.29, 0.717) is 25.4 Å². The van der Waals surface area contributed by atoms with Gasteiger partial charge in [0.25, 0.3) is 0 Å². The van der Waals surface area contributed by atoms with Crippen molar-refractivity contribution >= 4 is 12.0 Å². The van der Waals surface area contributed by atoms with Crippen molar-refractivity contribution in [1.29, 1.82) is 0 Å². The lowest BCUT2D eigenvalue weighted by molar-refractivity contribution is -0.127. The summed E-state index contributed by atoms with van der Waals surface area (Å²) in [7, 11) is 1.63. The predicted molar refractivity (Wildman–Crippen MR) is 119 cm³/mol. The first-order valence-corrected chi connectivity index (χ1v) is 10.7. The number of rotatable bonds is 6. The monoisotopic (exact) mass is 448 g/mol. The molecule has 3 aromatic rings. The van der Waals surface area contributed by atoms with E-state index in [4.69, 9.17) is 14.2 Å². The van der Waals surface area contributed by atoms with Crippen LogP contribution in [-0.4, -0.2) is 76.0 Å². The summed E-state index contributed by atoms with van der Waals surface area (Å²) in [6.07, 6.45) is 3.41. The predicted octanol–water partition coefficient (Wildman–Crippen LogP) is 1.76. The van der Waals surface area contributed by atoms with E-state index in [1.165, 1.54) is 0 Å². The third-order valence-corrected chi connectivity index (χ3v) is 5.72. The molecule has 3 heterocycles. The molecule has 0 bridgehead atoms. The van der Waals surface area contributed by atoms with E-state index in [9.17, 15) is 4.79 Å². The Morgan fingerprint density at radius 3 is 2.64 bits per heavy atom. The fourth-order valence-electron chi connectivity index (χ4n) is 3.84. The van der Waals surface area contributed by atoms with E-state index >= 15 is 0 Å². The highest BCUT2D eigenvalue weighted by atomic mass is 16.7. The van der Waals surface area contributed by atoms with Crippen molar-refractivity contribution in [2.24, 2.45) is 0 Å². The van der Waals surface area contributed by atoms with Gasteiger partial charge in [0.15, 0.2) is 17.3 Å². The van der Waals surface area contributed by atoms with E-state index in [1.807, 2.05) is 47.4 Å². The van der Waals surface area contributed by atoms with Crippen LogP contribution in [0.2, 0.25) is 0 Å². The maximum absolute atomic E-state index is 12.6. The molecule has 1 amide bonds. The van der Waals surface area contributed by atoms with Crippen LogP contribution in [0.4, 0.5) is 0 Å². The molecule has 0 unspecified atom stereocenters. The van der Waals surface area contributed by atoms with Crippen LogP contribution in [-0.2, 0) is 11.3 Å². The summed E-state index contributed by atoms with van der Waals surface area (Å²) in [5.41, 5.74) is 1.77. The molecule has 2 aromatic carbocycles. The minimum absolute atomic E-state index is 0.00427. The molecule has 10 nitrogen and oxygen atoms in total. The molecule has 33 heavy (non-hydrogen) atoms. The largest absolute Gasteiger partial charge is 0.497 e. The van der Waals surface area contributed by atoms with Crippen LogP contribution in [0.5, 0.6) is 17.2 Å². The number of piperazine rings is 1. The fourth-order valence-corrected chi connectivity index (χ4v) is 3.84. The lowest BCUT2D eigenvalue weighted by Crippen LogP contribution is -2.48. The topological polar surface area (TPSA) is 94.8 Å². The lowest BCUT2D eigenvalue weighted by Gasteiger charge is -2.33. The first kappa shape index (κ1) is 21.0. The second-order valence-corrected chi connectivity index (χ2v) is 7.75. The van der Waals surface area contributed by atoms with Gasteiger partial charge in [0.2, 0.25) is 12.7 Å². The van der Waals surface area contributed by atoms with Crippen LogP contribution in [0.3, 0.4) is 0 Å². The van der Waals surface area contributed by atoms with Crippen LogP contribution in [0.15, 0.2) is 48.5 Å². The van der Waals surface area contributed by atoms with Gasteiger partial charge in [-0.15, -0.1) is 5.10 Å². The van der Waals surface area contributed by atoms with Gasteiger partial charge in [0.1, 0.15) is 5.75 Å². The molecule has 1 aromatic heterocycles. The SMILES string of the molecule is COc1ccc(-n2nnnc2CN2CCN(C(=O)/C=C\c3ccc4c(c3)OCO4)CC2)cc1. The van der Waals surface area contributed by atoms with E-state index in [1.54, 1.807) is 23.9 Å². The maximum atomic E-state index is 12.6. The Morgan fingerprint density at radius 2 is 1.85 bits per heavy atom. The number of ether oxygens (including phenoxy) is 3. The number of carbonyl (C=O) groups is 1. The normalized spacial score (nSPS) is 15.8. The highest BCUT2D eigenvalue weighted by molar-refractivity contribution is 5.92. The Balaban J connectivity index is 1.15. The molecule has 1 fully saturated rings. The number of tetrazole rings is 1. The molecule has 2 aliphatic rings. The van der Waals surface area contributed by atoms with Crippen molar-refractivity contribution in [2.45, 2.75) is 6.54 Å². The number of hydrogen-bond acceptors (Lipinski definition) is 8. The minimum Gasteiger partial charge on any atom is -0.497 e. The Labute approximate surface area is 190 Å². The number of fused-ring (bicyclic) bond motifs is 1. The van der Waals surface area contributed by atoms with Gasteiger partial charge >= 0.3 is 0 Å². The van der Waals surface area contributed by atoms with Crippen LogP contribution >= 0.6 is 0 Å². The van der Waals surface area contributed by atoms with Crippen LogP contribution < -0.4 is 14.2 Å². The zero-order valence-corrected chi connectivity index (χ0v) is 18.3. The van der Waals surface area contributed by atoms with Crippen molar-refractivity contribution < 1.29 is 19.0 Å². The maximum Gasteiger partial charge on any atom is 0.246 e. The van der Waals surface area contributed by atoms with Crippen LogP contribution in [0, 0.1) is 0 Å². The molecular formula is C23H24N6O4. The molecule has 0 aliphatic carbocycles. The van der Waals surface area contributed by atoms with Crippen molar-refractivity contribution in [1.82, 2.24) is 30.0 Å². The second-order valence-electron chi connectivity index (χ2n) is 7.75. The summed E-state index contributed by atoms with van der Waals surface area (Å²) in [5, 5.41) is 12.2. The molecule has 0 atom stereocenters. The summed E-state index contributed by atoms with van der Waals surface area (Å²) in [6.45, 7) is 3.63. The molecule has 170 valence electrons. The third kappa shape index (κ3) is 4.65. The highest BCUT2D eigenvalue weighted by Gasteiger charge is 2.22. The van der Waals surface area contributed by atoms with Gasteiger partial charge in [-0.3, -0.25) is 9.69 Å². The molecule has 0 spiro atoms. The zero-order valence-electron chi connectivity index (χ0n) is 18.3. The summed E-state index contributed by atoms with van der Waals surface area (Å²) < 4.78 is 17.6. The number of nitrogens with zero attached hydrogens (tertiary/aromatic N) is 6. The number of benzene rings is 2. The molecule has 2 aliphatic heterocycles. The van der Waals surface area contributed by atoms with Gasteiger partial charge in [-0.25, -0.2) is 0 Å². The molecule has 1 saturated heterocycles. The van der Waals surface area contributed by atoms with Gasteiger partial charge in [0, 0.05) is 32.3 Å². The van der Waals surface area contributed by atoms with E-state index in [-0.39, 0.29) is 12.7 Å². The number of hydrogen-bond donors (Lipinski definition) is 0. The Bertz CT molecular complexity index is 1150. The Morgan fingerprint density at radius 1 is 1.06 bits per heavy atom. The second kappa shape index (κ2) is 9.29. The fraction of sp³-hybridized carbons (Fsp3) is 0.304. The number of aromatic nitrogens is 4. The summed E-state index contributed by atoms with van der Waals surface area (Å²) in [4.78, 5) is 16.7. The molecule has 0 radical (unpaired) electrons. The van der Waals surface area contributed by atoms with Gasteiger partial charge in [0.05, 0.1) is 19.3 Å². The number of carbonyl (C=O) groups excluding carboxylic acids is 1. The van der Waals surface area contributed by atoms with Gasteiger partial charge < -0.3 is 19.1 Å². The quantitative estimate of drug-likeness (QED) is 0.527. The zero-order chi connectivity index (χ0) is 22.6. The highest BCUT2D eigenvalue weighted by Crippen LogP contribution is 2.32. The third-order valence-electron chi connectivity index (χ3n) is 5.72. The van der Waals surface area contributed by atoms with Crippen molar-refractivity contribution in [3.05, 3.63) is 59.9 Å². The number of amides is 1. The Kier molecular flexibility index (Phi) is 5.90. The van der Waals surface area contributed by atoms with E-state index < -0.39 is 0 Å². The Hall–Kier alpha value is -3.92. The molecule has 0 saturated carbocycles. The van der Waals surface area contributed by atoms with Crippen molar-refractivity contribution in [3.63, 3.8) is 0 Å². The lowest BCUT2D eigenvalue weighted by atomic mass is 10.2. The molecular weight excluding hydrogens is 424 g/mol. The number of methoxy groups -OCH3 is 1.